The van der Waals surface area contributed by atoms with E-state index in [0.29, 0.717) is 19.1 Å². The molecule has 0 aromatic carbocycles. The molecule has 0 bridgehead atoms. The molecule has 1 saturated carbocycles. The molecule has 26 heavy (non-hydrogen) atoms. The van der Waals surface area contributed by atoms with E-state index in [1.807, 2.05) is 20.8 Å². The number of rotatable bonds is 4. The molecular weight excluding hydrogens is 332 g/mol. The summed E-state index contributed by atoms with van der Waals surface area (Å²) in [5, 5.41) is 6.08. The molecule has 1 aliphatic carbocycles. The summed E-state index contributed by atoms with van der Waals surface area (Å²) in [5.41, 5.74) is -0.625. The molecule has 2 amide bonds. The molecule has 2 aliphatic rings. The minimum atomic E-state index is -0.474. The summed E-state index contributed by atoms with van der Waals surface area (Å²) in [6.45, 7) is 11.1. The Bertz CT molecular complexity index is 491. The third-order valence-electron chi connectivity index (χ3n) is 5.19. The van der Waals surface area contributed by atoms with Gasteiger partial charge in [-0.3, -0.25) is 4.79 Å². The Labute approximate surface area is 157 Å². The Kier molecular flexibility index (Phi) is 6.94. The largest absolute Gasteiger partial charge is 0.444 e. The van der Waals surface area contributed by atoms with Crippen LogP contribution in [0.3, 0.4) is 0 Å². The van der Waals surface area contributed by atoms with Gasteiger partial charge in [0.1, 0.15) is 5.60 Å². The zero-order valence-corrected chi connectivity index (χ0v) is 17.0. The van der Waals surface area contributed by atoms with Gasteiger partial charge in [-0.1, -0.05) is 0 Å². The summed E-state index contributed by atoms with van der Waals surface area (Å²) in [6, 6.07) is 0.220. The fourth-order valence-corrected chi connectivity index (χ4v) is 3.84. The van der Waals surface area contributed by atoms with Crippen molar-refractivity contribution in [2.24, 2.45) is 11.8 Å². The van der Waals surface area contributed by atoms with Gasteiger partial charge in [0, 0.05) is 25.1 Å². The lowest BCUT2D eigenvalue weighted by molar-refractivity contribution is -0.129. The van der Waals surface area contributed by atoms with Gasteiger partial charge in [-0.05, 0) is 79.1 Å². The second kappa shape index (κ2) is 8.59. The Hall–Kier alpha value is -1.30. The molecule has 2 rings (SSSR count). The minimum absolute atomic E-state index is 0.0960. The van der Waals surface area contributed by atoms with Crippen LogP contribution in [-0.2, 0) is 14.3 Å². The van der Waals surface area contributed by atoms with Crippen LogP contribution in [0, 0.1) is 11.8 Å². The van der Waals surface area contributed by atoms with Crippen molar-refractivity contribution in [1.29, 1.82) is 0 Å². The van der Waals surface area contributed by atoms with Gasteiger partial charge in [-0.15, -0.1) is 0 Å². The molecule has 0 radical (unpaired) electrons. The number of hydrogen-bond donors (Lipinski definition) is 2. The highest BCUT2D eigenvalue weighted by Gasteiger charge is 2.32. The van der Waals surface area contributed by atoms with Gasteiger partial charge in [-0.2, -0.15) is 0 Å². The molecule has 1 heterocycles. The van der Waals surface area contributed by atoms with Gasteiger partial charge in [0.15, 0.2) is 0 Å². The quantitative estimate of drug-likeness (QED) is 0.797. The second-order valence-electron chi connectivity index (χ2n) is 9.41. The summed E-state index contributed by atoms with van der Waals surface area (Å²) in [4.78, 5) is 24.3. The first-order valence-electron chi connectivity index (χ1n) is 9.95. The zero-order chi connectivity index (χ0) is 19.4. The van der Waals surface area contributed by atoms with Crippen LogP contribution in [0.25, 0.3) is 0 Å². The van der Waals surface area contributed by atoms with Crippen LogP contribution in [0.1, 0.15) is 73.1 Å². The predicted molar refractivity (Wildman–Crippen MR) is 101 cm³/mol. The van der Waals surface area contributed by atoms with Crippen LogP contribution in [0.4, 0.5) is 4.79 Å². The molecule has 0 spiro atoms. The maximum Gasteiger partial charge on any atom is 0.407 e. The topological polar surface area (TPSA) is 76.7 Å². The number of hydrogen-bond acceptors (Lipinski definition) is 4. The predicted octanol–water partition coefficient (Wildman–Crippen LogP) is 3.39. The van der Waals surface area contributed by atoms with E-state index in [4.69, 9.17) is 9.47 Å². The first kappa shape index (κ1) is 21.0. The Morgan fingerprint density at radius 1 is 1.12 bits per heavy atom. The van der Waals surface area contributed by atoms with Crippen LogP contribution in [0.2, 0.25) is 0 Å². The number of alkyl carbamates (subject to hydrolysis) is 1. The summed E-state index contributed by atoms with van der Waals surface area (Å²) in [7, 11) is 0. The van der Waals surface area contributed by atoms with E-state index in [9.17, 15) is 9.59 Å². The molecule has 6 heteroatoms. The maximum atomic E-state index is 12.6. The molecule has 0 aromatic heterocycles. The SMILES string of the molecule is CC(C)(C)OC(=O)NCC1CCC(C(=O)N[C@@H]2CCOC(C)(C)C2)CC1. The van der Waals surface area contributed by atoms with Crippen LogP contribution in [0.15, 0.2) is 0 Å². The molecule has 6 nitrogen and oxygen atoms in total. The number of carbonyl (C=O) groups excluding carboxylic acids is 2. The number of amides is 2. The summed E-state index contributed by atoms with van der Waals surface area (Å²) in [5.74, 6) is 0.707. The fraction of sp³-hybridized carbons (Fsp3) is 0.900. The van der Waals surface area contributed by atoms with Gasteiger partial charge in [0.25, 0.3) is 0 Å². The monoisotopic (exact) mass is 368 g/mol. The van der Waals surface area contributed by atoms with Crippen molar-refractivity contribution in [3.05, 3.63) is 0 Å². The van der Waals surface area contributed by atoms with Crippen molar-refractivity contribution in [3.8, 4) is 0 Å². The van der Waals surface area contributed by atoms with Crippen molar-refractivity contribution in [2.45, 2.75) is 90.4 Å². The number of carbonyl (C=O) groups is 2. The average molecular weight is 369 g/mol. The first-order valence-corrected chi connectivity index (χ1v) is 9.95. The lowest BCUT2D eigenvalue weighted by atomic mass is 9.81. The number of ether oxygens (including phenoxy) is 2. The fourth-order valence-electron chi connectivity index (χ4n) is 3.84. The summed E-state index contributed by atoms with van der Waals surface area (Å²) < 4.78 is 11.0. The Balaban J connectivity index is 1.67. The van der Waals surface area contributed by atoms with Crippen LogP contribution in [-0.4, -0.2) is 42.4 Å². The Morgan fingerprint density at radius 2 is 1.77 bits per heavy atom. The van der Waals surface area contributed by atoms with Crippen molar-refractivity contribution < 1.29 is 19.1 Å². The van der Waals surface area contributed by atoms with Crippen LogP contribution in [0.5, 0.6) is 0 Å². The third-order valence-corrected chi connectivity index (χ3v) is 5.19. The third kappa shape index (κ3) is 7.14. The van der Waals surface area contributed by atoms with E-state index in [2.05, 4.69) is 24.5 Å². The van der Waals surface area contributed by atoms with E-state index in [1.54, 1.807) is 0 Å². The van der Waals surface area contributed by atoms with E-state index in [-0.39, 0.29) is 29.6 Å². The van der Waals surface area contributed by atoms with E-state index in [1.165, 1.54) is 0 Å². The van der Waals surface area contributed by atoms with Crippen LogP contribution < -0.4 is 10.6 Å². The molecule has 2 fully saturated rings. The van der Waals surface area contributed by atoms with Crippen molar-refractivity contribution in [3.63, 3.8) is 0 Å². The molecule has 1 saturated heterocycles. The van der Waals surface area contributed by atoms with Gasteiger partial charge < -0.3 is 20.1 Å². The van der Waals surface area contributed by atoms with Gasteiger partial charge in [-0.25, -0.2) is 4.79 Å². The highest BCUT2D eigenvalue weighted by Crippen LogP contribution is 2.30. The van der Waals surface area contributed by atoms with Gasteiger partial charge >= 0.3 is 6.09 Å². The average Bonchev–Trinajstić information content (AvgIpc) is 2.51. The molecule has 0 unspecified atom stereocenters. The molecule has 1 aliphatic heterocycles. The smallest absolute Gasteiger partial charge is 0.407 e. The van der Waals surface area contributed by atoms with E-state index in [0.717, 1.165) is 38.5 Å². The van der Waals surface area contributed by atoms with E-state index < -0.39 is 5.60 Å². The zero-order valence-electron chi connectivity index (χ0n) is 17.0. The molecule has 2 N–H and O–H groups in total. The number of nitrogens with one attached hydrogen (secondary N) is 2. The van der Waals surface area contributed by atoms with Crippen molar-refractivity contribution in [1.82, 2.24) is 10.6 Å². The normalized spacial score (nSPS) is 28.9. The first-order chi connectivity index (χ1) is 12.0. The van der Waals surface area contributed by atoms with Gasteiger partial charge in [0.2, 0.25) is 5.91 Å². The molecule has 150 valence electrons. The Morgan fingerprint density at radius 3 is 2.35 bits per heavy atom. The lowest BCUT2D eigenvalue weighted by Crippen LogP contribution is -2.48. The summed E-state index contributed by atoms with van der Waals surface area (Å²) >= 11 is 0. The van der Waals surface area contributed by atoms with Crippen molar-refractivity contribution >= 4 is 12.0 Å². The standard InChI is InChI=1S/C20H36N2O4/c1-19(2,3)26-18(24)21-13-14-6-8-15(9-7-14)17(23)22-16-10-11-25-20(4,5)12-16/h14-16H,6-13H2,1-5H3,(H,21,24)(H,22,23)/t14?,15?,16-/m1/s1. The minimum Gasteiger partial charge on any atom is -0.444 e. The molecule has 0 aromatic rings. The molecular formula is C20H36N2O4. The van der Waals surface area contributed by atoms with Gasteiger partial charge in [0.05, 0.1) is 5.60 Å². The van der Waals surface area contributed by atoms with Crippen molar-refractivity contribution in [2.75, 3.05) is 13.2 Å². The highest BCUT2D eigenvalue weighted by molar-refractivity contribution is 5.79. The maximum absolute atomic E-state index is 12.6. The lowest BCUT2D eigenvalue weighted by Gasteiger charge is -2.37. The molecule has 1 atom stereocenters. The second-order valence-corrected chi connectivity index (χ2v) is 9.41. The van der Waals surface area contributed by atoms with E-state index >= 15 is 0 Å². The highest BCUT2D eigenvalue weighted by atomic mass is 16.6. The summed E-state index contributed by atoms with van der Waals surface area (Å²) in [6.07, 6.45) is 5.11. The van der Waals surface area contributed by atoms with Crippen LogP contribution >= 0.6 is 0 Å².